The van der Waals surface area contributed by atoms with E-state index in [9.17, 15) is 4.39 Å². The fourth-order valence-corrected chi connectivity index (χ4v) is 3.76. The molecule has 134 valence electrons. The minimum atomic E-state index is -0.236. The summed E-state index contributed by atoms with van der Waals surface area (Å²) in [5.41, 5.74) is 8.01. The average molecular weight is 466 g/mol. The Kier molecular flexibility index (Phi) is 7.89. The van der Waals surface area contributed by atoms with Crippen LogP contribution in [0.25, 0.3) is 0 Å². The van der Waals surface area contributed by atoms with E-state index in [4.69, 9.17) is 10.5 Å². The monoisotopic (exact) mass is 466 g/mol. The average Bonchev–Trinajstić information content (AvgIpc) is 2.61. The Morgan fingerprint density at radius 2 is 1.92 bits per heavy atom. The van der Waals surface area contributed by atoms with Gasteiger partial charge in [0, 0.05) is 43.4 Å². The van der Waals surface area contributed by atoms with Crippen LogP contribution in [0.1, 0.15) is 5.56 Å². The maximum absolute atomic E-state index is 13.7. The summed E-state index contributed by atoms with van der Waals surface area (Å²) < 4.78 is 19.0. The van der Waals surface area contributed by atoms with Gasteiger partial charge in [-0.25, -0.2) is 9.38 Å². The summed E-state index contributed by atoms with van der Waals surface area (Å²) in [5.74, 6) is 2.48. The van der Waals surface area contributed by atoms with Gasteiger partial charge < -0.3 is 20.3 Å². The molecule has 0 amide bonds. The van der Waals surface area contributed by atoms with Crippen LogP contribution in [0.5, 0.6) is 0 Å². The molecular formula is C16H24FIN4OS. The Labute approximate surface area is 163 Å². The molecule has 2 aliphatic heterocycles. The number of nitrogens with two attached hydrogens (primary N) is 1. The van der Waals surface area contributed by atoms with Gasteiger partial charge >= 0.3 is 0 Å². The molecule has 3 rings (SSSR count). The third-order valence-electron chi connectivity index (χ3n) is 4.14. The van der Waals surface area contributed by atoms with E-state index >= 15 is 0 Å². The van der Waals surface area contributed by atoms with Crippen LogP contribution in [0.3, 0.4) is 0 Å². The van der Waals surface area contributed by atoms with E-state index in [0.717, 1.165) is 48.9 Å². The van der Waals surface area contributed by atoms with Gasteiger partial charge in [-0.2, -0.15) is 11.8 Å². The second kappa shape index (κ2) is 9.67. The highest BCUT2D eigenvalue weighted by Crippen LogP contribution is 2.23. The van der Waals surface area contributed by atoms with Gasteiger partial charge in [0.25, 0.3) is 0 Å². The first-order valence-corrected chi connectivity index (χ1v) is 9.13. The largest absolute Gasteiger partial charge is 0.378 e. The summed E-state index contributed by atoms with van der Waals surface area (Å²) in [6, 6.07) is 4.90. The molecule has 2 saturated heterocycles. The normalized spacial score (nSPS) is 19.1. The number of rotatable bonds is 3. The van der Waals surface area contributed by atoms with E-state index in [-0.39, 0.29) is 29.8 Å². The lowest BCUT2D eigenvalue weighted by atomic mass is 10.1. The lowest BCUT2D eigenvalue weighted by Gasteiger charge is -2.30. The maximum Gasteiger partial charge on any atom is 0.191 e. The van der Waals surface area contributed by atoms with Crippen molar-refractivity contribution in [2.45, 2.75) is 6.54 Å². The summed E-state index contributed by atoms with van der Waals surface area (Å²) in [4.78, 5) is 8.83. The van der Waals surface area contributed by atoms with Crippen molar-refractivity contribution in [1.29, 1.82) is 0 Å². The SMILES string of the molecule is I.NC(=NCc1cc(F)ccc1N1CCOCC1)N1CCSCC1. The fourth-order valence-electron chi connectivity index (χ4n) is 2.85. The fraction of sp³-hybridized carbons (Fsp3) is 0.562. The molecule has 24 heavy (non-hydrogen) atoms. The maximum atomic E-state index is 13.7. The van der Waals surface area contributed by atoms with E-state index in [1.165, 1.54) is 6.07 Å². The van der Waals surface area contributed by atoms with Crippen molar-refractivity contribution in [2.24, 2.45) is 10.7 Å². The first kappa shape index (κ1) is 19.6. The van der Waals surface area contributed by atoms with Crippen LogP contribution < -0.4 is 10.6 Å². The molecule has 2 aliphatic rings. The molecule has 1 aromatic rings. The molecule has 0 atom stereocenters. The van der Waals surface area contributed by atoms with Crippen molar-refractivity contribution in [2.75, 3.05) is 55.8 Å². The number of anilines is 1. The Balaban J connectivity index is 0.00000208. The molecule has 1 aromatic carbocycles. The number of nitrogens with zero attached hydrogens (tertiary/aromatic N) is 3. The van der Waals surface area contributed by atoms with Gasteiger partial charge in [-0.3, -0.25) is 0 Å². The molecule has 0 unspecified atom stereocenters. The Morgan fingerprint density at radius 1 is 1.21 bits per heavy atom. The van der Waals surface area contributed by atoms with E-state index in [0.29, 0.717) is 25.7 Å². The van der Waals surface area contributed by atoms with Gasteiger partial charge in [-0.05, 0) is 23.8 Å². The number of halogens is 2. The van der Waals surface area contributed by atoms with E-state index in [2.05, 4.69) is 14.8 Å². The Morgan fingerprint density at radius 3 is 2.62 bits per heavy atom. The van der Waals surface area contributed by atoms with Crippen molar-refractivity contribution in [3.8, 4) is 0 Å². The number of benzene rings is 1. The summed E-state index contributed by atoms with van der Waals surface area (Å²) in [5, 5.41) is 0. The first-order valence-electron chi connectivity index (χ1n) is 7.98. The van der Waals surface area contributed by atoms with Crippen molar-refractivity contribution < 1.29 is 9.13 Å². The van der Waals surface area contributed by atoms with Gasteiger partial charge in [0.05, 0.1) is 19.8 Å². The molecule has 5 nitrogen and oxygen atoms in total. The highest BCUT2D eigenvalue weighted by Gasteiger charge is 2.16. The second-order valence-electron chi connectivity index (χ2n) is 5.65. The zero-order chi connectivity index (χ0) is 16.1. The molecule has 0 aliphatic carbocycles. The van der Waals surface area contributed by atoms with Gasteiger partial charge in [0.1, 0.15) is 5.82 Å². The van der Waals surface area contributed by atoms with E-state index < -0.39 is 0 Å². The molecule has 0 spiro atoms. The standard InChI is InChI=1S/C16H23FN4OS.HI/c17-14-1-2-15(20-3-7-22-8-4-20)13(11-14)12-19-16(18)21-5-9-23-10-6-21;/h1-2,11H,3-10,12H2,(H2,18,19);1H. The lowest BCUT2D eigenvalue weighted by molar-refractivity contribution is 0.122. The number of hydrogen-bond donors (Lipinski definition) is 1. The van der Waals surface area contributed by atoms with Crippen LogP contribution in [-0.4, -0.2) is 61.8 Å². The molecule has 0 aromatic heterocycles. The molecule has 0 saturated carbocycles. The number of ether oxygens (including phenoxy) is 1. The summed E-state index contributed by atoms with van der Waals surface area (Å²) in [7, 11) is 0. The molecule has 0 bridgehead atoms. The predicted octanol–water partition coefficient (Wildman–Crippen LogP) is 2.14. The Bertz CT molecular complexity index is 563. The Hall–Kier alpha value is -0.740. The number of aliphatic imine (C=N–C) groups is 1. The quantitative estimate of drug-likeness (QED) is 0.421. The van der Waals surface area contributed by atoms with Gasteiger partial charge in [0.15, 0.2) is 5.96 Å². The number of hydrogen-bond acceptors (Lipinski definition) is 4. The van der Waals surface area contributed by atoms with Crippen molar-refractivity contribution in [3.05, 3.63) is 29.6 Å². The van der Waals surface area contributed by atoms with Crippen molar-refractivity contribution in [1.82, 2.24) is 4.90 Å². The van der Waals surface area contributed by atoms with Crippen LogP contribution in [-0.2, 0) is 11.3 Å². The summed E-state index contributed by atoms with van der Waals surface area (Å²) in [6.07, 6.45) is 0. The zero-order valence-electron chi connectivity index (χ0n) is 13.6. The van der Waals surface area contributed by atoms with Crippen molar-refractivity contribution in [3.63, 3.8) is 0 Å². The summed E-state index contributed by atoms with van der Waals surface area (Å²) in [6.45, 7) is 5.31. The molecule has 2 N–H and O–H groups in total. The smallest absolute Gasteiger partial charge is 0.191 e. The van der Waals surface area contributed by atoms with Crippen LogP contribution >= 0.6 is 35.7 Å². The van der Waals surface area contributed by atoms with Gasteiger partial charge in [-0.1, -0.05) is 0 Å². The van der Waals surface area contributed by atoms with Crippen LogP contribution in [0, 0.1) is 5.82 Å². The van der Waals surface area contributed by atoms with E-state index in [1.54, 1.807) is 6.07 Å². The van der Waals surface area contributed by atoms with Crippen LogP contribution in [0.4, 0.5) is 10.1 Å². The van der Waals surface area contributed by atoms with E-state index in [1.807, 2.05) is 17.8 Å². The number of thioether (sulfide) groups is 1. The first-order chi connectivity index (χ1) is 11.2. The minimum Gasteiger partial charge on any atom is -0.378 e. The number of morpholine rings is 1. The van der Waals surface area contributed by atoms with Gasteiger partial charge in [0.2, 0.25) is 0 Å². The molecule has 2 heterocycles. The second-order valence-corrected chi connectivity index (χ2v) is 6.87. The highest BCUT2D eigenvalue weighted by molar-refractivity contribution is 14.0. The summed E-state index contributed by atoms with van der Waals surface area (Å²) >= 11 is 1.93. The molecule has 0 radical (unpaired) electrons. The van der Waals surface area contributed by atoms with Crippen LogP contribution in [0.2, 0.25) is 0 Å². The third-order valence-corrected chi connectivity index (χ3v) is 5.08. The predicted molar refractivity (Wildman–Crippen MR) is 109 cm³/mol. The lowest BCUT2D eigenvalue weighted by Crippen LogP contribution is -2.42. The van der Waals surface area contributed by atoms with Gasteiger partial charge in [-0.15, -0.1) is 24.0 Å². The molecule has 8 heteroatoms. The molecule has 2 fully saturated rings. The topological polar surface area (TPSA) is 54.1 Å². The highest BCUT2D eigenvalue weighted by atomic mass is 127. The molecular weight excluding hydrogens is 442 g/mol. The minimum absolute atomic E-state index is 0. The van der Waals surface area contributed by atoms with Crippen LogP contribution in [0.15, 0.2) is 23.2 Å². The third kappa shape index (κ3) is 5.13. The number of guanidine groups is 1. The zero-order valence-corrected chi connectivity index (χ0v) is 16.8. The van der Waals surface area contributed by atoms with Crippen molar-refractivity contribution >= 4 is 47.4 Å².